The van der Waals surface area contributed by atoms with Crippen molar-refractivity contribution in [2.75, 3.05) is 0 Å². The minimum atomic E-state index is -0.692. The number of rotatable bonds is 2. The second-order valence-corrected chi connectivity index (χ2v) is 1.01. The first-order chi connectivity index (χ1) is 4.72. The van der Waals surface area contributed by atoms with Gasteiger partial charge in [0, 0.05) is 5.23 Å². The smallest absolute Gasteiger partial charge is 0.318 e. The van der Waals surface area contributed by atoms with Gasteiger partial charge in [0.2, 0.25) is 0 Å². The fourth-order valence-electron chi connectivity index (χ4n) is 0.191. The van der Waals surface area contributed by atoms with Gasteiger partial charge in [0.15, 0.2) is 0 Å². The van der Waals surface area contributed by atoms with Crippen LogP contribution in [0.1, 0.15) is 0 Å². The zero-order valence-corrected chi connectivity index (χ0v) is 4.74. The van der Waals surface area contributed by atoms with E-state index in [4.69, 9.17) is 21.7 Å². The number of hydrogen-bond acceptors (Lipinski definition) is 5. The van der Waals surface area contributed by atoms with Gasteiger partial charge in [-0.05, 0) is 0 Å². The Bertz CT molecular complexity index is 184. The van der Waals surface area contributed by atoms with Crippen LogP contribution in [0.25, 0.3) is 0 Å². The number of hydrogen-bond donors (Lipinski definition) is 2. The molecule has 3 N–H and O–H groups in total. The second kappa shape index (κ2) is 3.80. The third kappa shape index (κ3) is 2.23. The minimum Gasteiger partial charge on any atom is -0.364 e. The van der Waals surface area contributed by atoms with Crippen LogP contribution in [0.2, 0.25) is 0 Å². The van der Waals surface area contributed by atoms with Gasteiger partial charge in [-0.15, -0.1) is 10.5 Å². The molecule has 0 rings (SSSR count). The summed E-state index contributed by atoms with van der Waals surface area (Å²) in [4.78, 5) is 7.78. The molecule has 0 fully saturated rings. The van der Waals surface area contributed by atoms with E-state index < -0.39 is 5.96 Å². The zero-order valence-electron chi connectivity index (χ0n) is 4.74. The van der Waals surface area contributed by atoms with Crippen LogP contribution in [0.5, 0.6) is 0 Å². The number of nitrogens with zero attached hydrogens (tertiary/aromatic N) is 3. The average molecular weight is 141 g/mol. The van der Waals surface area contributed by atoms with E-state index in [0.29, 0.717) is 0 Å². The number of guanidine groups is 1. The highest BCUT2D eigenvalue weighted by atomic mass is 16.9. The van der Waals surface area contributed by atoms with Gasteiger partial charge in [-0.25, -0.2) is 0 Å². The minimum absolute atomic E-state index is 0.167. The fraction of sp³-hybridized carbons (Fsp3) is 0. The van der Waals surface area contributed by atoms with Gasteiger partial charge in [0.1, 0.15) is 0 Å². The zero-order chi connectivity index (χ0) is 7.98. The third-order valence-electron chi connectivity index (χ3n) is 0.444. The summed E-state index contributed by atoms with van der Waals surface area (Å²) in [7, 11) is 0. The molecule has 7 nitrogen and oxygen atoms in total. The van der Waals surface area contributed by atoms with E-state index in [0.717, 1.165) is 12.5 Å². The first-order valence-electron chi connectivity index (χ1n) is 1.98. The van der Waals surface area contributed by atoms with Crippen molar-refractivity contribution < 1.29 is 9.68 Å². The Kier molecular flexibility index (Phi) is 2.99. The molecule has 0 aromatic heterocycles. The molecule has 0 unspecified atom stereocenters. The molecular weight excluding hydrogens is 138 g/mol. The molecule has 0 spiro atoms. The van der Waals surface area contributed by atoms with Gasteiger partial charge in [0.25, 0.3) is 5.96 Å². The summed E-state index contributed by atoms with van der Waals surface area (Å²) in [5.74, 6) is -0.692. The van der Waals surface area contributed by atoms with E-state index in [1.807, 2.05) is 0 Å². The lowest BCUT2D eigenvalue weighted by Crippen LogP contribution is -2.34. The Hall–Kier alpha value is -2.15. The summed E-state index contributed by atoms with van der Waals surface area (Å²) in [5, 5.41) is 22.5. The molecule has 0 bridgehead atoms. The summed E-state index contributed by atoms with van der Waals surface area (Å²) in [6, 6.07) is 0. The van der Waals surface area contributed by atoms with E-state index in [9.17, 15) is 0 Å². The molecule has 0 radical (unpaired) electrons. The Morgan fingerprint density at radius 1 is 1.40 bits per heavy atom. The Morgan fingerprint density at radius 2 is 1.80 bits per heavy atom. The van der Waals surface area contributed by atoms with E-state index in [-0.39, 0.29) is 5.23 Å². The molecule has 0 heterocycles. The van der Waals surface area contributed by atoms with Crippen molar-refractivity contribution in [1.82, 2.24) is 5.23 Å². The summed E-state index contributed by atoms with van der Waals surface area (Å²) in [6.07, 6.45) is 2.33. The average Bonchev–Trinajstić information content (AvgIpc) is 1.87. The lowest BCUT2D eigenvalue weighted by atomic mass is 11.1. The monoisotopic (exact) mass is 141 g/mol. The Balaban J connectivity index is 3.90. The molecule has 0 saturated carbocycles. The number of nitrogens with two attached hydrogens (primary N) is 1. The van der Waals surface area contributed by atoms with Crippen molar-refractivity contribution in [2.24, 2.45) is 5.73 Å². The van der Waals surface area contributed by atoms with Crippen LogP contribution in [0.3, 0.4) is 0 Å². The first-order valence-corrected chi connectivity index (χ1v) is 1.98. The molecule has 0 aromatic rings. The highest BCUT2D eigenvalue weighted by molar-refractivity contribution is 5.72. The highest BCUT2D eigenvalue weighted by Gasteiger charge is 2.07. The number of nitrogens with one attached hydrogen (secondary N) is 1. The lowest BCUT2D eigenvalue weighted by Gasteiger charge is -2.09. The van der Waals surface area contributed by atoms with Gasteiger partial charge >= 0.3 is 12.5 Å². The predicted octanol–water partition coefficient (Wildman–Crippen LogP) is -0.993. The van der Waals surface area contributed by atoms with E-state index in [1.54, 1.807) is 0 Å². The molecule has 52 valence electrons. The van der Waals surface area contributed by atoms with Crippen molar-refractivity contribution in [3.8, 4) is 12.5 Å². The second-order valence-electron chi connectivity index (χ2n) is 1.01. The van der Waals surface area contributed by atoms with Crippen molar-refractivity contribution in [1.29, 1.82) is 15.9 Å². The summed E-state index contributed by atoms with van der Waals surface area (Å²) in [6.45, 7) is 0. The maximum absolute atomic E-state index is 7.86. The molecular formula is C3H3N5O2. The van der Waals surface area contributed by atoms with Crippen molar-refractivity contribution >= 4 is 5.96 Å². The quantitative estimate of drug-likeness (QED) is 0.220. The van der Waals surface area contributed by atoms with Crippen molar-refractivity contribution in [3.63, 3.8) is 0 Å². The molecule has 10 heavy (non-hydrogen) atoms. The van der Waals surface area contributed by atoms with Gasteiger partial charge in [-0.2, -0.15) is 0 Å². The number of nitriles is 2. The fourth-order valence-corrected chi connectivity index (χ4v) is 0.191. The standard InChI is InChI=1S/C3H3N5O2/c4-1-9-8(3(6)7)10-2-5/h(H3,6,7). The molecule has 0 aromatic carbocycles. The van der Waals surface area contributed by atoms with Crippen LogP contribution in [0.15, 0.2) is 0 Å². The van der Waals surface area contributed by atoms with Crippen LogP contribution < -0.4 is 5.73 Å². The van der Waals surface area contributed by atoms with E-state index in [2.05, 4.69) is 9.68 Å². The summed E-state index contributed by atoms with van der Waals surface area (Å²) >= 11 is 0. The predicted molar refractivity (Wildman–Crippen MR) is 27.1 cm³/mol. The largest absolute Gasteiger partial charge is 0.364 e. The SMILES string of the molecule is N#CON(OC#N)C(=N)N. The van der Waals surface area contributed by atoms with Crippen molar-refractivity contribution in [3.05, 3.63) is 0 Å². The highest BCUT2D eigenvalue weighted by Crippen LogP contribution is 1.86. The van der Waals surface area contributed by atoms with Crippen molar-refractivity contribution in [2.45, 2.75) is 0 Å². The lowest BCUT2D eigenvalue weighted by molar-refractivity contribution is -0.240. The van der Waals surface area contributed by atoms with Gasteiger partial charge < -0.3 is 5.73 Å². The third-order valence-corrected chi connectivity index (χ3v) is 0.444. The van der Waals surface area contributed by atoms with Gasteiger partial charge in [0.05, 0.1) is 0 Å². The molecule has 0 aliphatic rings. The summed E-state index contributed by atoms with van der Waals surface area (Å²) in [5.41, 5.74) is 4.77. The molecule has 0 atom stereocenters. The first kappa shape index (κ1) is 7.85. The van der Waals surface area contributed by atoms with Crippen LogP contribution in [-0.2, 0) is 9.68 Å². The maximum atomic E-state index is 7.86. The van der Waals surface area contributed by atoms with Gasteiger partial charge in [-0.3, -0.25) is 15.1 Å². The van der Waals surface area contributed by atoms with Gasteiger partial charge in [-0.1, -0.05) is 0 Å². The normalized spacial score (nSPS) is 6.60. The topological polar surface area (TPSA) is 119 Å². The maximum Gasteiger partial charge on any atom is 0.318 e. The molecule has 0 aliphatic carbocycles. The Labute approximate surface area is 56.2 Å². The van der Waals surface area contributed by atoms with Crippen LogP contribution in [0, 0.1) is 28.4 Å². The van der Waals surface area contributed by atoms with E-state index >= 15 is 0 Å². The van der Waals surface area contributed by atoms with Crippen LogP contribution >= 0.6 is 0 Å². The molecule has 0 amide bonds. The van der Waals surface area contributed by atoms with Crippen LogP contribution in [0.4, 0.5) is 0 Å². The summed E-state index contributed by atoms with van der Waals surface area (Å²) < 4.78 is 0. The molecule has 7 heteroatoms. The van der Waals surface area contributed by atoms with E-state index in [1.165, 1.54) is 0 Å². The molecule has 0 aliphatic heterocycles. The Morgan fingerprint density at radius 3 is 2.00 bits per heavy atom. The van der Waals surface area contributed by atoms with Crippen LogP contribution in [-0.4, -0.2) is 11.2 Å². The molecule has 0 saturated heterocycles. The number of hydroxylamine groups is 2.